The predicted molar refractivity (Wildman–Crippen MR) is 54.9 cm³/mol. The van der Waals surface area contributed by atoms with Crippen molar-refractivity contribution in [1.82, 2.24) is 10.2 Å². The quantitative estimate of drug-likeness (QED) is 0.850. The molecule has 0 spiro atoms. The zero-order valence-electron chi connectivity index (χ0n) is 8.62. The summed E-state index contributed by atoms with van der Waals surface area (Å²) in [6.07, 6.45) is -4.42. The molecule has 1 aromatic carbocycles. The summed E-state index contributed by atoms with van der Waals surface area (Å²) in [5, 5.41) is 15.0. The molecule has 0 saturated carbocycles. The van der Waals surface area contributed by atoms with Crippen molar-refractivity contribution in [2.45, 2.75) is 12.8 Å². The first kappa shape index (κ1) is 11.7. The van der Waals surface area contributed by atoms with Crippen LogP contribution in [0.1, 0.15) is 11.3 Å². The van der Waals surface area contributed by atoms with Crippen molar-refractivity contribution in [3.8, 4) is 11.3 Å². The zero-order chi connectivity index (χ0) is 12.5. The molecule has 2 rings (SSSR count). The third-order valence-corrected chi connectivity index (χ3v) is 2.31. The molecule has 0 bridgehead atoms. The van der Waals surface area contributed by atoms with Crippen LogP contribution in [-0.4, -0.2) is 15.3 Å². The molecule has 0 amide bonds. The van der Waals surface area contributed by atoms with Crippen molar-refractivity contribution in [3.63, 3.8) is 0 Å². The number of halogens is 3. The number of aliphatic hydroxyl groups excluding tert-OH is 1. The second-order valence-corrected chi connectivity index (χ2v) is 3.48. The summed E-state index contributed by atoms with van der Waals surface area (Å²) >= 11 is 0. The third kappa shape index (κ3) is 2.31. The molecule has 3 nitrogen and oxygen atoms in total. The number of hydrogen-bond acceptors (Lipinski definition) is 2. The number of hydrogen-bond donors (Lipinski definition) is 2. The molecule has 0 fully saturated rings. The van der Waals surface area contributed by atoms with E-state index in [1.54, 1.807) is 0 Å². The molecule has 0 aliphatic heterocycles. The first-order valence-corrected chi connectivity index (χ1v) is 4.84. The van der Waals surface area contributed by atoms with Gasteiger partial charge in [-0.1, -0.05) is 18.2 Å². The van der Waals surface area contributed by atoms with Crippen LogP contribution in [0, 0.1) is 0 Å². The molecule has 0 atom stereocenters. The van der Waals surface area contributed by atoms with Crippen LogP contribution in [0.2, 0.25) is 0 Å². The van der Waals surface area contributed by atoms with Gasteiger partial charge in [0, 0.05) is 5.56 Å². The van der Waals surface area contributed by atoms with Crippen LogP contribution in [0.15, 0.2) is 30.3 Å². The Hall–Kier alpha value is -1.82. The molecule has 2 aromatic rings. The van der Waals surface area contributed by atoms with Crippen LogP contribution in [0.3, 0.4) is 0 Å². The van der Waals surface area contributed by atoms with Gasteiger partial charge in [-0.3, -0.25) is 5.10 Å². The highest BCUT2D eigenvalue weighted by Gasteiger charge is 2.33. The summed E-state index contributed by atoms with van der Waals surface area (Å²) < 4.78 is 38.2. The number of nitrogens with one attached hydrogen (secondary N) is 1. The minimum absolute atomic E-state index is 0.00375. The highest BCUT2D eigenvalue weighted by molar-refractivity contribution is 5.64. The molecular formula is C11H9F3N2O. The predicted octanol–water partition coefficient (Wildman–Crippen LogP) is 2.59. The SMILES string of the molecule is OCc1cc(-c2ccccc2C(F)(F)F)n[nH]1. The summed E-state index contributed by atoms with van der Waals surface area (Å²) in [6.45, 7) is -0.290. The van der Waals surface area contributed by atoms with Crippen LogP contribution < -0.4 is 0 Å². The molecule has 1 aromatic heterocycles. The minimum atomic E-state index is -4.42. The average Bonchev–Trinajstić information content (AvgIpc) is 2.76. The summed E-state index contributed by atoms with van der Waals surface area (Å²) in [5.41, 5.74) is -0.203. The monoisotopic (exact) mass is 242 g/mol. The van der Waals surface area contributed by atoms with Crippen LogP contribution in [-0.2, 0) is 12.8 Å². The Morgan fingerprint density at radius 1 is 1.24 bits per heavy atom. The lowest BCUT2D eigenvalue weighted by Gasteiger charge is -2.10. The van der Waals surface area contributed by atoms with E-state index in [1.807, 2.05) is 0 Å². The molecule has 17 heavy (non-hydrogen) atoms. The van der Waals surface area contributed by atoms with Crippen LogP contribution in [0.5, 0.6) is 0 Å². The van der Waals surface area contributed by atoms with E-state index in [9.17, 15) is 13.2 Å². The standard InChI is InChI=1S/C11H9F3N2O/c12-11(13,14)9-4-2-1-3-8(9)10-5-7(6-17)15-16-10/h1-5,17H,6H2,(H,15,16). The van der Waals surface area contributed by atoms with E-state index in [0.717, 1.165) is 6.07 Å². The Bertz CT molecular complexity index is 519. The largest absolute Gasteiger partial charge is 0.417 e. The Morgan fingerprint density at radius 2 is 1.94 bits per heavy atom. The fourth-order valence-electron chi connectivity index (χ4n) is 1.53. The number of nitrogens with zero attached hydrogens (tertiary/aromatic N) is 1. The molecular weight excluding hydrogens is 233 g/mol. The number of alkyl halides is 3. The summed E-state index contributed by atoms with van der Waals surface area (Å²) in [7, 11) is 0. The third-order valence-electron chi connectivity index (χ3n) is 2.31. The van der Waals surface area contributed by atoms with Gasteiger partial charge in [-0.2, -0.15) is 18.3 Å². The topological polar surface area (TPSA) is 48.9 Å². The number of aliphatic hydroxyl groups is 1. The van der Waals surface area contributed by atoms with Gasteiger partial charge in [0.05, 0.1) is 23.6 Å². The second kappa shape index (κ2) is 4.21. The van der Waals surface area contributed by atoms with Crippen molar-refractivity contribution in [1.29, 1.82) is 0 Å². The van der Waals surface area contributed by atoms with E-state index >= 15 is 0 Å². The number of aromatic nitrogens is 2. The number of benzene rings is 1. The summed E-state index contributed by atoms with van der Waals surface area (Å²) in [4.78, 5) is 0. The van der Waals surface area contributed by atoms with E-state index in [4.69, 9.17) is 5.11 Å². The molecule has 1 heterocycles. The first-order valence-electron chi connectivity index (χ1n) is 4.84. The average molecular weight is 242 g/mol. The van der Waals surface area contributed by atoms with E-state index in [0.29, 0.717) is 5.69 Å². The van der Waals surface area contributed by atoms with Gasteiger partial charge < -0.3 is 5.11 Å². The van der Waals surface area contributed by atoms with Crippen molar-refractivity contribution in [3.05, 3.63) is 41.6 Å². The van der Waals surface area contributed by atoms with Gasteiger partial charge >= 0.3 is 6.18 Å². The van der Waals surface area contributed by atoms with Gasteiger partial charge in [0.1, 0.15) is 0 Å². The molecule has 0 aliphatic rings. The Labute approximate surface area is 94.9 Å². The van der Waals surface area contributed by atoms with Crippen molar-refractivity contribution >= 4 is 0 Å². The molecule has 0 radical (unpaired) electrons. The van der Waals surface area contributed by atoms with E-state index < -0.39 is 11.7 Å². The van der Waals surface area contributed by atoms with Crippen molar-refractivity contribution in [2.24, 2.45) is 0 Å². The van der Waals surface area contributed by atoms with E-state index in [2.05, 4.69) is 10.2 Å². The van der Waals surface area contributed by atoms with Gasteiger partial charge in [-0.15, -0.1) is 0 Å². The lowest BCUT2D eigenvalue weighted by Crippen LogP contribution is -2.06. The zero-order valence-corrected chi connectivity index (χ0v) is 8.62. The maximum absolute atomic E-state index is 12.7. The highest BCUT2D eigenvalue weighted by Crippen LogP contribution is 2.36. The maximum atomic E-state index is 12.7. The lowest BCUT2D eigenvalue weighted by atomic mass is 10.0. The Kier molecular flexibility index (Phi) is 2.89. The second-order valence-electron chi connectivity index (χ2n) is 3.48. The van der Waals surface area contributed by atoms with Crippen LogP contribution >= 0.6 is 0 Å². The summed E-state index contributed by atoms with van der Waals surface area (Å²) in [5.74, 6) is 0. The van der Waals surface area contributed by atoms with Gasteiger partial charge in [0.2, 0.25) is 0 Å². The van der Waals surface area contributed by atoms with Gasteiger partial charge in [-0.05, 0) is 12.1 Å². The molecule has 0 aliphatic carbocycles. The van der Waals surface area contributed by atoms with Crippen LogP contribution in [0.4, 0.5) is 13.2 Å². The molecule has 0 unspecified atom stereocenters. The molecule has 6 heteroatoms. The lowest BCUT2D eigenvalue weighted by molar-refractivity contribution is -0.137. The maximum Gasteiger partial charge on any atom is 0.417 e. The van der Waals surface area contributed by atoms with Gasteiger partial charge in [0.15, 0.2) is 0 Å². The summed E-state index contributed by atoms with van der Waals surface area (Å²) in [6, 6.07) is 6.58. The Balaban J connectivity index is 2.52. The smallest absolute Gasteiger partial charge is 0.390 e. The van der Waals surface area contributed by atoms with Gasteiger partial charge in [-0.25, -0.2) is 0 Å². The molecule has 0 saturated heterocycles. The van der Waals surface area contributed by atoms with Crippen LogP contribution in [0.25, 0.3) is 11.3 Å². The number of aromatic amines is 1. The van der Waals surface area contributed by atoms with E-state index in [-0.39, 0.29) is 17.9 Å². The fraction of sp³-hybridized carbons (Fsp3) is 0.182. The molecule has 90 valence electrons. The van der Waals surface area contributed by atoms with Crippen molar-refractivity contribution < 1.29 is 18.3 Å². The number of H-pyrrole nitrogens is 1. The number of rotatable bonds is 2. The van der Waals surface area contributed by atoms with Gasteiger partial charge in [0.25, 0.3) is 0 Å². The minimum Gasteiger partial charge on any atom is -0.390 e. The first-order chi connectivity index (χ1) is 8.02. The Morgan fingerprint density at radius 3 is 2.53 bits per heavy atom. The normalized spacial score (nSPS) is 11.8. The fourth-order valence-corrected chi connectivity index (χ4v) is 1.53. The highest BCUT2D eigenvalue weighted by atomic mass is 19.4. The van der Waals surface area contributed by atoms with E-state index in [1.165, 1.54) is 24.3 Å². The van der Waals surface area contributed by atoms with Crippen molar-refractivity contribution in [2.75, 3.05) is 0 Å². The molecule has 2 N–H and O–H groups in total.